The Labute approximate surface area is 174 Å². The van der Waals surface area contributed by atoms with Gasteiger partial charge >= 0.3 is 0 Å². The first-order valence-corrected chi connectivity index (χ1v) is 11.2. The Morgan fingerprint density at radius 2 is 1.71 bits per heavy atom. The molecule has 0 spiro atoms. The van der Waals surface area contributed by atoms with Gasteiger partial charge in [0.2, 0.25) is 5.91 Å². The number of fused-ring (bicyclic) bond motifs is 1. The normalized spacial score (nSPS) is 11.6. The molecule has 3 aromatic rings. The second-order valence-electron chi connectivity index (χ2n) is 7.41. The molecule has 0 unspecified atom stereocenters. The fourth-order valence-corrected chi connectivity index (χ4v) is 5.08. The Kier molecular flexibility index (Phi) is 6.35. The van der Waals surface area contributed by atoms with Crippen LogP contribution in [0.5, 0.6) is 0 Å². The van der Waals surface area contributed by atoms with Crippen LogP contribution in [-0.4, -0.2) is 43.8 Å². The van der Waals surface area contributed by atoms with Crippen LogP contribution in [0.2, 0.25) is 0 Å². The molecule has 1 aromatic carbocycles. The summed E-state index contributed by atoms with van der Waals surface area (Å²) in [4.78, 5) is 19.3. The van der Waals surface area contributed by atoms with Gasteiger partial charge in [-0.15, -0.1) is 21.5 Å². The summed E-state index contributed by atoms with van der Waals surface area (Å²) in [6.45, 7) is 12.2. The predicted octanol–water partition coefficient (Wildman–Crippen LogP) is 5.11. The molecule has 2 aromatic heterocycles. The second kappa shape index (κ2) is 8.57. The summed E-state index contributed by atoms with van der Waals surface area (Å²) in [7, 11) is 0. The number of hydrogen-bond donors (Lipinski definition) is 0. The number of carbonyl (C=O) groups is 1. The molecule has 0 saturated carbocycles. The lowest BCUT2D eigenvalue weighted by Crippen LogP contribution is -2.43. The van der Waals surface area contributed by atoms with Crippen molar-refractivity contribution in [2.24, 2.45) is 0 Å². The highest BCUT2D eigenvalue weighted by molar-refractivity contribution is 8.00. The number of thiazole rings is 1. The van der Waals surface area contributed by atoms with Gasteiger partial charge in [0.15, 0.2) is 0 Å². The summed E-state index contributed by atoms with van der Waals surface area (Å²) >= 11 is 3.04. The third kappa shape index (κ3) is 4.36. The summed E-state index contributed by atoms with van der Waals surface area (Å²) in [5.41, 5.74) is 3.93. The summed E-state index contributed by atoms with van der Waals surface area (Å²) < 4.78 is 1.02. The largest absolute Gasteiger partial charge is 0.337 e. The van der Waals surface area contributed by atoms with E-state index in [-0.39, 0.29) is 18.0 Å². The third-order valence-corrected chi connectivity index (χ3v) is 6.37. The van der Waals surface area contributed by atoms with Crippen molar-refractivity contribution < 1.29 is 4.79 Å². The van der Waals surface area contributed by atoms with Gasteiger partial charge in [-0.2, -0.15) is 0 Å². The third-order valence-electron chi connectivity index (χ3n) is 4.45. The number of rotatable bonds is 6. The molecule has 148 valence electrons. The smallest absolute Gasteiger partial charge is 0.233 e. The van der Waals surface area contributed by atoms with E-state index >= 15 is 0 Å². The van der Waals surface area contributed by atoms with Crippen LogP contribution < -0.4 is 0 Å². The molecule has 0 saturated heterocycles. The van der Waals surface area contributed by atoms with Crippen molar-refractivity contribution in [3.05, 3.63) is 34.8 Å². The Balaban J connectivity index is 1.90. The number of thioether (sulfide) groups is 1. The van der Waals surface area contributed by atoms with Crippen molar-refractivity contribution in [3.8, 4) is 11.3 Å². The Morgan fingerprint density at radius 1 is 1.07 bits per heavy atom. The van der Waals surface area contributed by atoms with Gasteiger partial charge in [-0.05, 0) is 41.5 Å². The molecule has 28 heavy (non-hydrogen) atoms. The molecule has 1 amide bonds. The summed E-state index contributed by atoms with van der Waals surface area (Å²) in [5, 5.41) is 10.6. The van der Waals surface area contributed by atoms with E-state index in [4.69, 9.17) is 0 Å². The van der Waals surface area contributed by atoms with Crippen LogP contribution in [0.25, 0.3) is 21.5 Å². The lowest BCUT2D eigenvalue weighted by Gasteiger charge is -2.30. The molecule has 5 nitrogen and oxygen atoms in total. The topological polar surface area (TPSA) is 59.0 Å². The van der Waals surface area contributed by atoms with Crippen LogP contribution in [-0.2, 0) is 4.79 Å². The molecule has 3 rings (SSSR count). The molecule has 7 heteroatoms. The highest BCUT2D eigenvalue weighted by atomic mass is 32.2. The van der Waals surface area contributed by atoms with Crippen molar-refractivity contribution in [1.82, 2.24) is 20.1 Å². The fraction of sp³-hybridized carbons (Fsp3) is 0.429. The molecule has 0 bridgehead atoms. The van der Waals surface area contributed by atoms with Crippen molar-refractivity contribution in [1.29, 1.82) is 0 Å². The minimum atomic E-state index is 0.111. The van der Waals surface area contributed by atoms with Crippen LogP contribution in [0.3, 0.4) is 0 Å². The van der Waals surface area contributed by atoms with Gasteiger partial charge in [0.25, 0.3) is 0 Å². The molecular weight excluding hydrogens is 388 g/mol. The van der Waals surface area contributed by atoms with Crippen molar-refractivity contribution in [2.45, 2.75) is 58.7 Å². The summed E-state index contributed by atoms with van der Waals surface area (Å²) in [5.74, 6) is 0.445. The monoisotopic (exact) mass is 414 g/mol. The summed E-state index contributed by atoms with van der Waals surface area (Å²) in [6, 6.07) is 8.62. The van der Waals surface area contributed by atoms with Crippen molar-refractivity contribution in [3.63, 3.8) is 0 Å². The van der Waals surface area contributed by atoms with E-state index in [0.29, 0.717) is 5.75 Å². The van der Waals surface area contributed by atoms with E-state index in [9.17, 15) is 4.79 Å². The van der Waals surface area contributed by atoms with Crippen LogP contribution in [0, 0.1) is 13.8 Å². The Bertz CT molecular complexity index is 972. The number of aromatic nitrogens is 3. The number of nitrogens with zero attached hydrogens (tertiary/aromatic N) is 4. The maximum Gasteiger partial charge on any atom is 0.233 e. The highest BCUT2D eigenvalue weighted by Gasteiger charge is 2.22. The molecule has 0 atom stereocenters. The lowest BCUT2D eigenvalue weighted by atomic mass is 10.1. The molecular formula is C21H26N4OS2. The number of carbonyl (C=O) groups excluding carboxylic acids is 1. The van der Waals surface area contributed by atoms with E-state index in [1.807, 2.05) is 39.5 Å². The number of hydrogen-bond acceptors (Lipinski definition) is 6. The number of benzene rings is 1. The molecule has 0 aliphatic carbocycles. The van der Waals surface area contributed by atoms with Gasteiger partial charge in [-0.25, -0.2) is 4.98 Å². The van der Waals surface area contributed by atoms with Gasteiger partial charge < -0.3 is 4.90 Å². The zero-order valence-corrected chi connectivity index (χ0v) is 18.8. The van der Waals surface area contributed by atoms with Gasteiger partial charge in [0, 0.05) is 17.6 Å². The Hall–Kier alpha value is -1.99. The van der Waals surface area contributed by atoms with Crippen molar-refractivity contribution >= 4 is 39.2 Å². The minimum Gasteiger partial charge on any atom is -0.337 e. The molecule has 0 radical (unpaired) electrons. The predicted molar refractivity (Wildman–Crippen MR) is 118 cm³/mol. The first-order chi connectivity index (χ1) is 13.3. The van der Waals surface area contributed by atoms with Gasteiger partial charge in [0.1, 0.15) is 16.2 Å². The van der Waals surface area contributed by atoms with Crippen LogP contribution in [0.1, 0.15) is 38.3 Å². The van der Waals surface area contributed by atoms with Crippen LogP contribution in [0.15, 0.2) is 29.3 Å². The van der Waals surface area contributed by atoms with Gasteiger partial charge in [0.05, 0.1) is 15.5 Å². The lowest BCUT2D eigenvalue weighted by molar-refractivity contribution is -0.131. The average Bonchev–Trinajstić information content (AvgIpc) is 3.01. The van der Waals surface area contributed by atoms with E-state index < -0.39 is 0 Å². The molecule has 0 aliphatic rings. The number of amides is 1. The van der Waals surface area contributed by atoms with Crippen LogP contribution in [0.4, 0.5) is 0 Å². The second-order valence-corrected chi connectivity index (χ2v) is 9.57. The minimum absolute atomic E-state index is 0.111. The fourth-order valence-electron chi connectivity index (χ4n) is 3.30. The molecule has 0 N–H and O–H groups in total. The molecule has 2 heterocycles. The Morgan fingerprint density at radius 3 is 2.32 bits per heavy atom. The maximum absolute atomic E-state index is 12.7. The first-order valence-electron chi connectivity index (χ1n) is 9.42. The van der Waals surface area contributed by atoms with Gasteiger partial charge in [-0.1, -0.05) is 41.6 Å². The van der Waals surface area contributed by atoms with E-state index in [2.05, 4.69) is 46.4 Å². The molecule has 0 aliphatic heterocycles. The van der Waals surface area contributed by atoms with Crippen LogP contribution >= 0.6 is 23.1 Å². The van der Waals surface area contributed by atoms with Gasteiger partial charge in [-0.3, -0.25) is 4.79 Å². The number of aryl methyl sites for hydroxylation is 2. The van der Waals surface area contributed by atoms with E-state index in [1.54, 1.807) is 11.3 Å². The SMILES string of the molecule is Cc1ccc(-c2nnc(SCC(=O)N(C(C)C)C(C)C)c3nc(C)sc23)cc1. The standard InChI is InChI=1S/C21H26N4OS2/c1-12(2)25(13(3)4)17(26)11-27-21-19-20(28-15(6)22-19)18(23-24-21)16-9-7-14(5)8-10-16/h7-10,12-13H,11H2,1-6H3. The first kappa shape index (κ1) is 20.7. The molecule has 0 fully saturated rings. The van der Waals surface area contributed by atoms with E-state index in [1.165, 1.54) is 17.3 Å². The van der Waals surface area contributed by atoms with E-state index in [0.717, 1.165) is 31.5 Å². The zero-order chi connectivity index (χ0) is 20.4. The maximum atomic E-state index is 12.7. The quantitative estimate of drug-likeness (QED) is 0.525. The van der Waals surface area contributed by atoms with Crippen molar-refractivity contribution in [2.75, 3.05) is 5.75 Å². The zero-order valence-electron chi connectivity index (χ0n) is 17.2. The highest BCUT2D eigenvalue weighted by Crippen LogP contribution is 2.35. The summed E-state index contributed by atoms with van der Waals surface area (Å²) in [6.07, 6.45) is 0. The average molecular weight is 415 g/mol.